The van der Waals surface area contributed by atoms with Crippen LogP contribution in [0.4, 0.5) is 4.39 Å². The molecule has 2 heterocycles. The van der Waals surface area contributed by atoms with Crippen molar-refractivity contribution >= 4 is 22.3 Å². The zero-order valence-corrected chi connectivity index (χ0v) is 12.5. The van der Waals surface area contributed by atoms with Gasteiger partial charge >= 0.3 is 0 Å². The third-order valence-corrected chi connectivity index (χ3v) is 3.48. The van der Waals surface area contributed by atoms with Crippen molar-refractivity contribution in [3.63, 3.8) is 0 Å². The van der Waals surface area contributed by atoms with E-state index < -0.39 is 5.56 Å². The number of fused-ring (bicyclic) bond motifs is 3. The lowest BCUT2D eigenvalue weighted by Gasteiger charge is -2.06. The van der Waals surface area contributed by atoms with E-state index in [0.717, 1.165) is 4.68 Å². The Kier molecular flexibility index (Phi) is 4.07. The molecule has 0 aliphatic rings. The largest absolute Gasteiger partial charge is 0.383 e. The number of carbonyl (C=O) groups excluding carboxylic acids is 1. The van der Waals surface area contributed by atoms with Gasteiger partial charge in [-0.2, -0.15) is 5.10 Å². The van der Waals surface area contributed by atoms with Crippen LogP contribution in [0.15, 0.2) is 35.4 Å². The Morgan fingerprint density at radius 1 is 1.35 bits per heavy atom. The van der Waals surface area contributed by atoms with Gasteiger partial charge in [-0.15, -0.1) is 0 Å². The van der Waals surface area contributed by atoms with Gasteiger partial charge in [-0.25, -0.2) is 9.07 Å². The molecule has 120 valence electrons. The summed E-state index contributed by atoms with van der Waals surface area (Å²) in [4.78, 5) is 24.2. The summed E-state index contributed by atoms with van der Waals surface area (Å²) >= 11 is 0. The number of aromatic nitrogens is 3. The van der Waals surface area contributed by atoms with Crippen LogP contribution in [0.3, 0.4) is 0 Å². The second-order valence-corrected chi connectivity index (χ2v) is 5.04. The average Bonchev–Trinajstić information content (AvgIpc) is 2.88. The first-order valence-corrected chi connectivity index (χ1v) is 7.02. The van der Waals surface area contributed by atoms with E-state index in [1.54, 1.807) is 16.5 Å². The van der Waals surface area contributed by atoms with Crippen molar-refractivity contribution in [2.24, 2.45) is 0 Å². The van der Waals surface area contributed by atoms with Gasteiger partial charge in [-0.05, 0) is 24.3 Å². The molecule has 0 unspecified atom stereocenters. The maximum absolute atomic E-state index is 13.3. The van der Waals surface area contributed by atoms with E-state index >= 15 is 0 Å². The van der Waals surface area contributed by atoms with Crippen molar-refractivity contribution in [1.29, 1.82) is 0 Å². The van der Waals surface area contributed by atoms with E-state index in [1.807, 2.05) is 0 Å². The van der Waals surface area contributed by atoms with Crippen LogP contribution in [0, 0.1) is 5.82 Å². The minimum Gasteiger partial charge on any atom is -0.383 e. The maximum Gasteiger partial charge on any atom is 0.291 e. The summed E-state index contributed by atoms with van der Waals surface area (Å²) in [6, 6.07) is 5.84. The fourth-order valence-corrected chi connectivity index (χ4v) is 2.39. The molecule has 0 aliphatic heterocycles. The van der Waals surface area contributed by atoms with Gasteiger partial charge in [-0.1, -0.05) is 0 Å². The molecule has 0 saturated heterocycles. The maximum atomic E-state index is 13.3. The van der Waals surface area contributed by atoms with Crippen LogP contribution in [0.1, 0.15) is 0 Å². The smallest absolute Gasteiger partial charge is 0.291 e. The predicted molar refractivity (Wildman–Crippen MR) is 81.8 cm³/mol. The van der Waals surface area contributed by atoms with Crippen LogP contribution >= 0.6 is 0 Å². The fourth-order valence-electron chi connectivity index (χ4n) is 2.39. The summed E-state index contributed by atoms with van der Waals surface area (Å²) in [5.41, 5.74) is 0.610. The molecule has 2 aromatic heterocycles. The Morgan fingerprint density at radius 2 is 2.17 bits per heavy atom. The van der Waals surface area contributed by atoms with Gasteiger partial charge in [0.1, 0.15) is 24.2 Å². The van der Waals surface area contributed by atoms with Gasteiger partial charge in [0.25, 0.3) is 5.56 Å². The Morgan fingerprint density at radius 3 is 2.96 bits per heavy atom. The van der Waals surface area contributed by atoms with Gasteiger partial charge < -0.3 is 10.1 Å². The number of halogens is 1. The van der Waals surface area contributed by atoms with Crippen molar-refractivity contribution in [3.8, 4) is 0 Å². The number of benzene rings is 1. The van der Waals surface area contributed by atoms with E-state index in [4.69, 9.17) is 4.74 Å². The molecule has 0 saturated carbocycles. The highest BCUT2D eigenvalue weighted by Gasteiger charge is 2.11. The molecular formula is C15H15FN4O3. The zero-order chi connectivity index (χ0) is 16.4. The highest BCUT2D eigenvalue weighted by molar-refractivity contribution is 5.86. The summed E-state index contributed by atoms with van der Waals surface area (Å²) in [5, 5.41) is 7.23. The number of nitrogens with one attached hydrogen (secondary N) is 1. The van der Waals surface area contributed by atoms with Gasteiger partial charge in [0.15, 0.2) is 0 Å². The summed E-state index contributed by atoms with van der Waals surface area (Å²) in [7, 11) is 1.53. The standard InChI is InChI=1S/C15H15FN4O3/c1-23-5-4-17-14(21)8-20-15(22)13-7-10-6-11(16)2-3-12(10)19(13)9-18-20/h2-3,6-7,9H,4-5,8H2,1H3,(H,17,21). The first-order chi connectivity index (χ1) is 11.1. The summed E-state index contributed by atoms with van der Waals surface area (Å²) < 4.78 is 20.8. The second kappa shape index (κ2) is 6.17. The third-order valence-electron chi connectivity index (χ3n) is 3.48. The first-order valence-electron chi connectivity index (χ1n) is 7.02. The Balaban J connectivity index is 1.94. The van der Waals surface area contributed by atoms with Gasteiger partial charge in [0, 0.05) is 19.0 Å². The number of carbonyl (C=O) groups is 1. The molecule has 0 radical (unpaired) electrons. The quantitative estimate of drug-likeness (QED) is 0.697. The van der Waals surface area contributed by atoms with Crippen LogP contribution in [-0.4, -0.2) is 40.3 Å². The molecule has 0 atom stereocenters. The molecule has 0 aliphatic carbocycles. The Bertz CT molecular complexity index is 932. The number of methoxy groups -OCH3 is 1. The minimum absolute atomic E-state index is 0.186. The van der Waals surface area contributed by atoms with Crippen LogP contribution in [0.25, 0.3) is 16.4 Å². The molecule has 1 aromatic carbocycles. The van der Waals surface area contributed by atoms with E-state index in [0.29, 0.717) is 29.6 Å². The van der Waals surface area contributed by atoms with Crippen LogP contribution in [0.2, 0.25) is 0 Å². The van der Waals surface area contributed by atoms with E-state index in [2.05, 4.69) is 10.4 Å². The van der Waals surface area contributed by atoms with Crippen molar-refractivity contribution in [2.45, 2.75) is 6.54 Å². The molecule has 23 heavy (non-hydrogen) atoms. The number of ether oxygens (including phenoxy) is 1. The number of hydrogen-bond donors (Lipinski definition) is 1. The molecule has 0 spiro atoms. The van der Waals surface area contributed by atoms with E-state index in [-0.39, 0.29) is 18.3 Å². The summed E-state index contributed by atoms with van der Waals surface area (Å²) in [5.74, 6) is -0.706. The molecule has 7 nitrogen and oxygen atoms in total. The monoisotopic (exact) mass is 318 g/mol. The molecule has 3 rings (SSSR count). The summed E-state index contributed by atoms with van der Waals surface area (Å²) in [6.07, 6.45) is 1.44. The molecular weight excluding hydrogens is 303 g/mol. The van der Waals surface area contributed by atoms with Crippen molar-refractivity contribution < 1.29 is 13.9 Å². The fraction of sp³-hybridized carbons (Fsp3) is 0.267. The molecule has 1 amide bonds. The lowest BCUT2D eigenvalue weighted by molar-refractivity contribution is -0.122. The van der Waals surface area contributed by atoms with Gasteiger partial charge in [0.05, 0.1) is 12.1 Å². The molecule has 0 fully saturated rings. The zero-order valence-electron chi connectivity index (χ0n) is 12.5. The van der Waals surface area contributed by atoms with E-state index in [9.17, 15) is 14.0 Å². The van der Waals surface area contributed by atoms with Crippen molar-refractivity contribution in [2.75, 3.05) is 20.3 Å². The number of rotatable bonds is 5. The topological polar surface area (TPSA) is 77.6 Å². The summed E-state index contributed by atoms with van der Waals surface area (Å²) in [6.45, 7) is 0.568. The molecule has 1 N–H and O–H groups in total. The second-order valence-electron chi connectivity index (χ2n) is 5.04. The highest BCUT2D eigenvalue weighted by Crippen LogP contribution is 2.18. The SMILES string of the molecule is COCCNC(=O)Cn1ncn2c(cc3cc(F)ccc32)c1=O. The van der Waals surface area contributed by atoms with E-state index in [1.165, 1.54) is 25.6 Å². The number of amides is 1. The van der Waals surface area contributed by atoms with Crippen molar-refractivity contribution in [3.05, 3.63) is 46.8 Å². The lowest BCUT2D eigenvalue weighted by Crippen LogP contribution is -2.35. The highest BCUT2D eigenvalue weighted by atomic mass is 19.1. The lowest BCUT2D eigenvalue weighted by atomic mass is 10.2. The average molecular weight is 318 g/mol. The molecule has 8 heteroatoms. The molecule has 3 aromatic rings. The van der Waals surface area contributed by atoms with Gasteiger partial charge in [0.2, 0.25) is 5.91 Å². The van der Waals surface area contributed by atoms with Crippen LogP contribution < -0.4 is 10.9 Å². The number of hydrogen-bond acceptors (Lipinski definition) is 4. The Labute approximate surface area is 130 Å². The molecule has 0 bridgehead atoms. The van der Waals surface area contributed by atoms with Gasteiger partial charge in [-0.3, -0.25) is 14.0 Å². The first kappa shape index (κ1) is 15.2. The minimum atomic E-state index is -0.411. The van der Waals surface area contributed by atoms with Crippen molar-refractivity contribution in [1.82, 2.24) is 19.5 Å². The predicted octanol–water partition coefficient (Wildman–Crippen LogP) is 0.551. The normalized spacial score (nSPS) is 11.2. The Hall–Kier alpha value is -2.74. The van der Waals surface area contributed by atoms with Crippen LogP contribution in [-0.2, 0) is 16.1 Å². The number of nitrogens with zero attached hydrogens (tertiary/aromatic N) is 3. The third kappa shape index (κ3) is 2.93. The van der Waals surface area contributed by atoms with Crippen LogP contribution in [0.5, 0.6) is 0 Å².